The summed E-state index contributed by atoms with van der Waals surface area (Å²) >= 11 is 0. The Bertz CT molecular complexity index is 680. The SMILES string of the molecule is COc1cc(N)cc(C(=O)N(C)c2ccc(C)cc2C)c1. The fourth-order valence-electron chi connectivity index (χ4n) is 2.35. The number of nitrogen functional groups attached to an aromatic ring is 1. The van der Waals surface area contributed by atoms with Crippen molar-refractivity contribution in [2.75, 3.05) is 24.8 Å². The lowest BCUT2D eigenvalue weighted by atomic mass is 10.1. The first-order valence-corrected chi connectivity index (χ1v) is 6.72. The number of nitrogens with zero attached hydrogens (tertiary/aromatic N) is 1. The van der Waals surface area contributed by atoms with E-state index in [1.54, 1.807) is 37.3 Å². The van der Waals surface area contributed by atoms with Crippen molar-refractivity contribution in [3.05, 3.63) is 53.1 Å². The molecule has 2 N–H and O–H groups in total. The molecule has 0 aliphatic carbocycles. The van der Waals surface area contributed by atoms with Gasteiger partial charge in [0.25, 0.3) is 5.91 Å². The third-order valence-electron chi connectivity index (χ3n) is 3.43. The van der Waals surface area contributed by atoms with Gasteiger partial charge in [-0.3, -0.25) is 4.79 Å². The highest BCUT2D eigenvalue weighted by Crippen LogP contribution is 2.24. The first-order valence-electron chi connectivity index (χ1n) is 6.72. The molecular weight excluding hydrogens is 264 g/mol. The lowest BCUT2D eigenvalue weighted by Gasteiger charge is -2.20. The highest BCUT2D eigenvalue weighted by molar-refractivity contribution is 6.06. The van der Waals surface area contributed by atoms with Gasteiger partial charge in [-0.2, -0.15) is 0 Å². The number of nitrogens with two attached hydrogens (primary N) is 1. The Morgan fingerprint density at radius 2 is 1.86 bits per heavy atom. The maximum atomic E-state index is 12.6. The van der Waals surface area contributed by atoms with E-state index in [0.717, 1.165) is 11.3 Å². The van der Waals surface area contributed by atoms with Crippen molar-refractivity contribution < 1.29 is 9.53 Å². The summed E-state index contributed by atoms with van der Waals surface area (Å²) in [6.45, 7) is 4.02. The van der Waals surface area contributed by atoms with Gasteiger partial charge < -0.3 is 15.4 Å². The van der Waals surface area contributed by atoms with Crippen molar-refractivity contribution in [2.45, 2.75) is 13.8 Å². The van der Waals surface area contributed by atoms with E-state index in [2.05, 4.69) is 6.07 Å². The van der Waals surface area contributed by atoms with Crippen molar-refractivity contribution in [3.8, 4) is 5.75 Å². The molecule has 4 nitrogen and oxygen atoms in total. The summed E-state index contributed by atoms with van der Waals surface area (Å²) in [7, 11) is 3.31. The van der Waals surface area contributed by atoms with Gasteiger partial charge >= 0.3 is 0 Å². The molecule has 0 bridgehead atoms. The van der Waals surface area contributed by atoms with E-state index >= 15 is 0 Å². The van der Waals surface area contributed by atoms with E-state index in [4.69, 9.17) is 10.5 Å². The number of methoxy groups -OCH3 is 1. The number of benzene rings is 2. The predicted molar refractivity (Wildman–Crippen MR) is 86.1 cm³/mol. The molecule has 0 spiro atoms. The smallest absolute Gasteiger partial charge is 0.258 e. The van der Waals surface area contributed by atoms with Crippen LogP contribution in [0.5, 0.6) is 5.75 Å². The Morgan fingerprint density at radius 1 is 1.14 bits per heavy atom. The van der Waals surface area contributed by atoms with Crippen LogP contribution in [0.15, 0.2) is 36.4 Å². The molecule has 0 fully saturated rings. The Balaban J connectivity index is 2.37. The second kappa shape index (κ2) is 5.87. The topological polar surface area (TPSA) is 55.6 Å². The first kappa shape index (κ1) is 14.9. The number of aryl methyl sites for hydroxylation is 2. The molecule has 0 radical (unpaired) electrons. The molecule has 0 aromatic heterocycles. The maximum absolute atomic E-state index is 12.6. The Labute approximate surface area is 125 Å². The van der Waals surface area contributed by atoms with Crippen molar-refractivity contribution >= 4 is 17.3 Å². The van der Waals surface area contributed by atoms with Crippen LogP contribution < -0.4 is 15.4 Å². The van der Waals surface area contributed by atoms with Gasteiger partial charge in [0.1, 0.15) is 5.75 Å². The van der Waals surface area contributed by atoms with Crippen LogP contribution in [-0.4, -0.2) is 20.1 Å². The lowest BCUT2D eigenvalue weighted by molar-refractivity contribution is 0.0992. The van der Waals surface area contributed by atoms with Crippen LogP contribution in [0, 0.1) is 13.8 Å². The second-order valence-electron chi connectivity index (χ2n) is 5.15. The normalized spacial score (nSPS) is 10.3. The zero-order chi connectivity index (χ0) is 15.6. The zero-order valence-corrected chi connectivity index (χ0v) is 12.8. The molecule has 0 aliphatic heterocycles. The second-order valence-corrected chi connectivity index (χ2v) is 5.15. The van der Waals surface area contributed by atoms with E-state index in [0.29, 0.717) is 17.0 Å². The van der Waals surface area contributed by atoms with Gasteiger partial charge in [0.05, 0.1) is 7.11 Å². The minimum absolute atomic E-state index is 0.118. The van der Waals surface area contributed by atoms with E-state index < -0.39 is 0 Å². The minimum Gasteiger partial charge on any atom is -0.497 e. The molecule has 21 heavy (non-hydrogen) atoms. The van der Waals surface area contributed by atoms with Crippen molar-refractivity contribution in [1.82, 2.24) is 0 Å². The standard InChI is InChI=1S/C17H20N2O2/c1-11-5-6-16(12(2)7-11)19(3)17(20)13-8-14(18)10-15(9-13)21-4/h5-10H,18H2,1-4H3. The number of carbonyl (C=O) groups excluding carboxylic acids is 1. The first-order chi connectivity index (χ1) is 9.92. The van der Waals surface area contributed by atoms with E-state index in [-0.39, 0.29) is 5.91 Å². The Kier molecular flexibility index (Phi) is 4.17. The van der Waals surface area contributed by atoms with Crippen LogP contribution >= 0.6 is 0 Å². The average Bonchev–Trinajstić information content (AvgIpc) is 2.45. The largest absolute Gasteiger partial charge is 0.497 e. The van der Waals surface area contributed by atoms with Gasteiger partial charge in [-0.05, 0) is 37.6 Å². The van der Waals surface area contributed by atoms with Crippen molar-refractivity contribution in [3.63, 3.8) is 0 Å². The molecule has 0 aliphatic rings. The highest BCUT2D eigenvalue weighted by atomic mass is 16.5. The number of hydrogen-bond donors (Lipinski definition) is 1. The van der Waals surface area contributed by atoms with Gasteiger partial charge in [0.2, 0.25) is 0 Å². The molecule has 2 aromatic carbocycles. The van der Waals surface area contributed by atoms with Crippen molar-refractivity contribution in [1.29, 1.82) is 0 Å². The summed E-state index contributed by atoms with van der Waals surface area (Å²) in [6, 6.07) is 11.0. The molecule has 2 rings (SSSR count). The van der Waals surface area contributed by atoms with E-state index in [9.17, 15) is 4.79 Å². The van der Waals surface area contributed by atoms with Crippen LogP contribution in [-0.2, 0) is 0 Å². The fraction of sp³-hybridized carbons (Fsp3) is 0.235. The summed E-state index contributed by atoms with van der Waals surface area (Å²) < 4.78 is 5.16. The zero-order valence-electron chi connectivity index (χ0n) is 12.8. The summed E-state index contributed by atoms with van der Waals surface area (Å²) in [4.78, 5) is 14.2. The van der Waals surface area contributed by atoms with E-state index in [1.165, 1.54) is 5.56 Å². The summed E-state index contributed by atoms with van der Waals surface area (Å²) in [5.41, 5.74) is 9.93. The summed E-state index contributed by atoms with van der Waals surface area (Å²) in [5, 5.41) is 0. The quantitative estimate of drug-likeness (QED) is 0.881. The number of anilines is 2. The van der Waals surface area contributed by atoms with E-state index in [1.807, 2.05) is 26.0 Å². The van der Waals surface area contributed by atoms with Crippen LogP contribution in [0.2, 0.25) is 0 Å². The molecule has 110 valence electrons. The molecule has 0 saturated heterocycles. The number of hydrogen-bond acceptors (Lipinski definition) is 3. The third-order valence-corrected chi connectivity index (χ3v) is 3.43. The van der Waals surface area contributed by atoms with Gasteiger partial charge in [-0.15, -0.1) is 0 Å². The molecule has 0 saturated carbocycles. The molecular formula is C17H20N2O2. The number of carbonyl (C=O) groups is 1. The molecule has 2 aromatic rings. The minimum atomic E-state index is -0.118. The Hall–Kier alpha value is -2.49. The van der Waals surface area contributed by atoms with Gasteiger partial charge in [-0.25, -0.2) is 0 Å². The predicted octanol–water partition coefficient (Wildman–Crippen LogP) is 3.17. The van der Waals surface area contributed by atoms with Crippen molar-refractivity contribution in [2.24, 2.45) is 0 Å². The summed E-state index contributed by atoms with van der Waals surface area (Å²) in [5.74, 6) is 0.458. The highest BCUT2D eigenvalue weighted by Gasteiger charge is 2.16. The number of ether oxygens (including phenoxy) is 1. The van der Waals surface area contributed by atoms with Gasteiger partial charge in [-0.1, -0.05) is 17.7 Å². The van der Waals surface area contributed by atoms with Gasteiger partial charge in [0, 0.05) is 30.1 Å². The monoisotopic (exact) mass is 284 g/mol. The van der Waals surface area contributed by atoms with Gasteiger partial charge in [0.15, 0.2) is 0 Å². The number of amides is 1. The third kappa shape index (κ3) is 3.16. The maximum Gasteiger partial charge on any atom is 0.258 e. The Morgan fingerprint density at radius 3 is 2.48 bits per heavy atom. The van der Waals surface area contributed by atoms with Crippen LogP contribution in [0.4, 0.5) is 11.4 Å². The molecule has 0 heterocycles. The molecule has 0 atom stereocenters. The molecule has 1 amide bonds. The lowest BCUT2D eigenvalue weighted by Crippen LogP contribution is -2.27. The van der Waals surface area contributed by atoms with Crippen LogP contribution in [0.25, 0.3) is 0 Å². The number of rotatable bonds is 3. The van der Waals surface area contributed by atoms with Crippen LogP contribution in [0.3, 0.4) is 0 Å². The fourth-order valence-corrected chi connectivity index (χ4v) is 2.35. The summed E-state index contributed by atoms with van der Waals surface area (Å²) in [6.07, 6.45) is 0. The molecule has 0 unspecified atom stereocenters. The molecule has 4 heteroatoms. The van der Waals surface area contributed by atoms with Crippen LogP contribution in [0.1, 0.15) is 21.5 Å². The average molecular weight is 284 g/mol.